The quantitative estimate of drug-likeness (QED) is 0.814. The van der Waals surface area contributed by atoms with Gasteiger partial charge in [0.15, 0.2) is 0 Å². The number of nitrogens with one attached hydrogen (secondary N) is 2. The minimum Gasteiger partial charge on any atom is -0.324 e. The summed E-state index contributed by atoms with van der Waals surface area (Å²) in [5.41, 5.74) is 0.976. The molecular formula is C11H10ClN3O. The van der Waals surface area contributed by atoms with Crippen molar-refractivity contribution in [2.24, 2.45) is 5.92 Å². The van der Waals surface area contributed by atoms with Crippen LogP contribution in [0.2, 0.25) is 5.02 Å². The Morgan fingerprint density at radius 1 is 1.56 bits per heavy atom. The molecule has 0 atom stereocenters. The molecule has 0 bridgehead atoms. The third-order valence-corrected chi connectivity index (χ3v) is 2.84. The van der Waals surface area contributed by atoms with Crippen LogP contribution in [0.1, 0.15) is 5.56 Å². The second kappa shape index (κ2) is 4.52. The van der Waals surface area contributed by atoms with E-state index in [0.717, 1.165) is 0 Å². The van der Waals surface area contributed by atoms with Gasteiger partial charge in [-0.05, 0) is 18.2 Å². The Kier molecular flexibility index (Phi) is 3.09. The van der Waals surface area contributed by atoms with Crippen LogP contribution < -0.4 is 10.6 Å². The van der Waals surface area contributed by atoms with Gasteiger partial charge in [-0.15, -0.1) is 0 Å². The minimum atomic E-state index is -0.0595. The van der Waals surface area contributed by atoms with Crippen molar-refractivity contribution >= 4 is 23.2 Å². The predicted octanol–water partition coefficient (Wildman–Crippen LogP) is 1.37. The summed E-state index contributed by atoms with van der Waals surface area (Å²) < 4.78 is 0. The highest BCUT2D eigenvalue weighted by Crippen LogP contribution is 2.23. The molecule has 1 aromatic carbocycles. The van der Waals surface area contributed by atoms with Crippen molar-refractivity contribution in [3.05, 3.63) is 28.8 Å². The maximum absolute atomic E-state index is 11.7. The number of nitriles is 1. The first kappa shape index (κ1) is 10.9. The third kappa shape index (κ3) is 2.16. The average Bonchev–Trinajstić information content (AvgIpc) is 2.18. The molecule has 0 aromatic heterocycles. The molecule has 1 heterocycles. The van der Waals surface area contributed by atoms with Crippen molar-refractivity contribution in [3.63, 3.8) is 0 Å². The van der Waals surface area contributed by atoms with Crippen LogP contribution in [0.4, 0.5) is 5.69 Å². The maximum atomic E-state index is 11.7. The molecule has 1 saturated heterocycles. The molecule has 1 aliphatic heterocycles. The van der Waals surface area contributed by atoms with E-state index in [1.807, 2.05) is 6.07 Å². The van der Waals surface area contributed by atoms with Gasteiger partial charge in [-0.1, -0.05) is 11.6 Å². The highest BCUT2D eigenvalue weighted by atomic mass is 35.5. The van der Waals surface area contributed by atoms with Crippen molar-refractivity contribution in [3.8, 4) is 6.07 Å². The largest absolute Gasteiger partial charge is 0.324 e. The Bertz CT molecular complexity index is 463. The second-order valence-corrected chi connectivity index (χ2v) is 4.06. The minimum absolute atomic E-state index is 0.00167. The molecule has 0 spiro atoms. The zero-order chi connectivity index (χ0) is 11.5. The van der Waals surface area contributed by atoms with Crippen LogP contribution >= 0.6 is 11.6 Å². The van der Waals surface area contributed by atoms with E-state index in [4.69, 9.17) is 16.9 Å². The van der Waals surface area contributed by atoms with Crippen molar-refractivity contribution in [2.45, 2.75) is 0 Å². The fourth-order valence-electron chi connectivity index (χ4n) is 1.40. The summed E-state index contributed by atoms with van der Waals surface area (Å²) in [5, 5.41) is 14.9. The molecule has 1 aromatic rings. The van der Waals surface area contributed by atoms with Gasteiger partial charge in [0.1, 0.15) is 0 Å². The van der Waals surface area contributed by atoms with Gasteiger partial charge in [-0.25, -0.2) is 0 Å². The summed E-state index contributed by atoms with van der Waals surface area (Å²) in [6.45, 7) is 1.39. The lowest BCUT2D eigenvalue weighted by Crippen LogP contribution is -2.48. The van der Waals surface area contributed by atoms with Gasteiger partial charge in [0.05, 0.1) is 28.3 Å². The van der Waals surface area contributed by atoms with Gasteiger partial charge >= 0.3 is 0 Å². The summed E-state index contributed by atoms with van der Waals surface area (Å²) in [7, 11) is 0. The molecule has 5 heteroatoms. The number of benzene rings is 1. The fraction of sp³-hybridized carbons (Fsp3) is 0.273. The van der Waals surface area contributed by atoms with Crippen LogP contribution in [0.25, 0.3) is 0 Å². The molecule has 4 nitrogen and oxygen atoms in total. The van der Waals surface area contributed by atoms with Gasteiger partial charge < -0.3 is 10.6 Å². The molecule has 1 fully saturated rings. The van der Waals surface area contributed by atoms with E-state index in [0.29, 0.717) is 29.4 Å². The molecule has 0 saturated carbocycles. The van der Waals surface area contributed by atoms with E-state index < -0.39 is 0 Å². The van der Waals surface area contributed by atoms with Crippen molar-refractivity contribution in [1.29, 1.82) is 5.26 Å². The molecule has 16 heavy (non-hydrogen) atoms. The van der Waals surface area contributed by atoms with E-state index in [-0.39, 0.29) is 11.8 Å². The number of carbonyl (C=O) groups is 1. The number of nitrogens with zero attached hydrogens (tertiary/aromatic N) is 1. The van der Waals surface area contributed by atoms with Crippen LogP contribution in [0.5, 0.6) is 0 Å². The summed E-state index contributed by atoms with van der Waals surface area (Å²) >= 11 is 5.92. The van der Waals surface area contributed by atoms with E-state index in [1.165, 1.54) is 0 Å². The van der Waals surface area contributed by atoms with Crippen LogP contribution in [0.3, 0.4) is 0 Å². The number of amides is 1. The van der Waals surface area contributed by atoms with Crippen LogP contribution in [-0.2, 0) is 4.79 Å². The molecular weight excluding hydrogens is 226 g/mol. The zero-order valence-corrected chi connectivity index (χ0v) is 9.21. The van der Waals surface area contributed by atoms with Crippen LogP contribution in [0.15, 0.2) is 18.2 Å². The maximum Gasteiger partial charge on any atom is 0.230 e. The first-order valence-electron chi connectivity index (χ1n) is 4.92. The average molecular weight is 236 g/mol. The zero-order valence-electron chi connectivity index (χ0n) is 8.46. The number of halogens is 1. The Balaban J connectivity index is 2.13. The normalized spacial score (nSPS) is 15.0. The topological polar surface area (TPSA) is 64.9 Å². The Morgan fingerprint density at radius 2 is 2.31 bits per heavy atom. The monoisotopic (exact) mass is 235 g/mol. The van der Waals surface area contributed by atoms with E-state index in [2.05, 4.69) is 10.6 Å². The Morgan fingerprint density at radius 3 is 2.88 bits per heavy atom. The lowest BCUT2D eigenvalue weighted by molar-refractivity contribution is -0.121. The predicted molar refractivity (Wildman–Crippen MR) is 61.2 cm³/mol. The van der Waals surface area contributed by atoms with Crippen LogP contribution in [-0.4, -0.2) is 19.0 Å². The molecule has 82 valence electrons. The lowest BCUT2D eigenvalue weighted by Gasteiger charge is -2.25. The Labute approximate surface area is 98.2 Å². The van der Waals surface area contributed by atoms with Crippen molar-refractivity contribution in [1.82, 2.24) is 5.32 Å². The molecule has 0 aliphatic carbocycles. The number of hydrogen-bond donors (Lipinski definition) is 2. The summed E-state index contributed by atoms with van der Waals surface area (Å²) in [6.07, 6.45) is 0. The highest BCUT2D eigenvalue weighted by molar-refractivity contribution is 6.33. The van der Waals surface area contributed by atoms with Crippen molar-refractivity contribution in [2.75, 3.05) is 18.4 Å². The number of carbonyl (C=O) groups excluding carboxylic acids is 1. The second-order valence-electron chi connectivity index (χ2n) is 3.65. The number of hydrogen-bond acceptors (Lipinski definition) is 3. The molecule has 1 amide bonds. The third-order valence-electron chi connectivity index (χ3n) is 2.51. The molecule has 2 rings (SSSR count). The van der Waals surface area contributed by atoms with E-state index in [1.54, 1.807) is 18.2 Å². The lowest BCUT2D eigenvalue weighted by atomic mass is 10.0. The fourth-order valence-corrected chi connectivity index (χ4v) is 1.56. The van der Waals surface area contributed by atoms with Gasteiger partial charge in [-0.2, -0.15) is 5.26 Å². The molecule has 0 unspecified atom stereocenters. The summed E-state index contributed by atoms with van der Waals surface area (Å²) in [5.74, 6) is -0.0578. The number of rotatable bonds is 2. The van der Waals surface area contributed by atoms with Gasteiger partial charge in [0, 0.05) is 13.1 Å². The Hall–Kier alpha value is -1.57. The van der Waals surface area contributed by atoms with E-state index >= 15 is 0 Å². The van der Waals surface area contributed by atoms with Gasteiger partial charge in [0.25, 0.3) is 0 Å². The summed E-state index contributed by atoms with van der Waals surface area (Å²) in [6, 6.07) is 6.80. The van der Waals surface area contributed by atoms with Gasteiger partial charge in [0.2, 0.25) is 5.91 Å². The van der Waals surface area contributed by atoms with Gasteiger partial charge in [-0.3, -0.25) is 4.79 Å². The molecule has 0 radical (unpaired) electrons. The smallest absolute Gasteiger partial charge is 0.230 e. The first-order chi connectivity index (χ1) is 7.70. The highest BCUT2D eigenvalue weighted by Gasteiger charge is 2.25. The van der Waals surface area contributed by atoms with Crippen molar-refractivity contribution < 1.29 is 4.79 Å². The van der Waals surface area contributed by atoms with E-state index in [9.17, 15) is 4.79 Å². The standard InChI is InChI=1S/C11H10ClN3O/c12-9-2-1-7(4-13)3-10(9)15-11(16)8-5-14-6-8/h1-3,8,14H,5-6H2,(H,15,16). The number of anilines is 1. The molecule has 2 N–H and O–H groups in total. The van der Waals surface area contributed by atoms with Crippen LogP contribution in [0, 0.1) is 17.2 Å². The molecule has 1 aliphatic rings. The summed E-state index contributed by atoms with van der Waals surface area (Å²) in [4.78, 5) is 11.7. The SMILES string of the molecule is N#Cc1ccc(Cl)c(NC(=O)C2CNC2)c1. The first-order valence-corrected chi connectivity index (χ1v) is 5.29.